The van der Waals surface area contributed by atoms with Crippen molar-refractivity contribution in [3.63, 3.8) is 0 Å². The van der Waals surface area contributed by atoms with Gasteiger partial charge in [-0.2, -0.15) is 5.10 Å². The highest BCUT2D eigenvalue weighted by Crippen LogP contribution is 2.18. The van der Waals surface area contributed by atoms with Gasteiger partial charge in [-0.05, 0) is 13.3 Å². The van der Waals surface area contributed by atoms with E-state index in [0.717, 1.165) is 12.1 Å². The summed E-state index contributed by atoms with van der Waals surface area (Å²) in [6, 6.07) is 0. The molecule has 0 aliphatic rings. The number of carbonyl (C=O) groups excluding carboxylic acids is 1. The highest BCUT2D eigenvalue weighted by atomic mass is 79.9. The van der Waals surface area contributed by atoms with Gasteiger partial charge in [0.25, 0.3) is 5.91 Å². The Balaban J connectivity index is 2.88. The van der Waals surface area contributed by atoms with E-state index >= 15 is 0 Å². The molecule has 0 atom stereocenters. The lowest BCUT2D eigenvalue weighted by molar-refractivity contribution is 0.0914. The van der Waals surface area contributed by atoms with E-state index in [1.165, 1.54) is 0 Å². The number of amides is 1. The fourth-order valence-corrected chi connectivity index (χ4v) is 3.51. The topological polar surface area (TPSA) is 46.9 Å². The quantitative estimate of drug-likeness (QED) is 0.813. The highest BCUT2D eigenvalue weighted by molar-refractivity contribution is 9.09. The largest absolute Gasteiger partial charge is 0.345 e. The molecule has 0 fully saturated rings. The summed E-state index contributed by atoms with van der Waals surface area (Å²) in [5.41, 5.74) is 1.13. The zero-order chi connectivity index (χ0) is 13.1. The Hall–Kier alpha value is -0.360. The summed E-state index contributed by atoms with van der Waals surface area (Å²) in [5, 5.41) is 8.67. The second kappa shape index (κ2) is 6.00. The minimum Gasteiger partial charge on any atom is -0.345 e. The lowest BCUT2D eigenvalue weighted by Gasteiger charge is -2.29. The summed E-state index contributed by atoms with van der Waals surface area (Å²) in [6.45, 7) is 3.89. The van der Waals surface area contributed by atoms with Crippen LogP contribution in [0.5, 0.6) is 0 Å². The molecule has 4 nitrogen and oxygen atoms in total. The molecule has 0 aliphatic carbocycles. The van der Waals surface area contributed by atoms with E-state index in [4.69, 9.17) is 0 Å². The number of hydrogen-bond acceptors (Lipinski definition) is 2. The molecule has 17 heavy (non-hydrogen) atoms. The average molecular weight is 367 g/mol. The van der Waals surface area contributed by atoms with Crippen LogP contribution in [0.3, 0.4) is 0 Å². The Kier molecular flexibility index (Phi) is 5.19. The lowest BCUT2D eigenvalue weighted by Crippen LogP contribution is -2.51. The van der Waals surface area contributed by atoms with Crippen LogP contribution in [-0.2, 0) is 7.05 Å². The summed E-state index contributed by atoms with van der Waals surface area (Å²) < 4.78 is 1.65. The summed E-state index contributed by atoms with van der Waals surface area (Å²) in [5.74, 6) is -0.0728. The molecule has 1 amide bonds. The number of halogens is 2. The van der Waals surface area contributed by atoms with Crippen LogP contribution in [0, 0.1) is 6.92 Å². The van der Waals surface area contributed by atoms with Gasteiger partial charge in [0.05, 0.1) is 16.8 Å². The number of aryl methyl sites for hydroxylation is 2. The lowest BCUT2D eigenvalue weighted by atomic mass is 10.0. The van der Waals surface area contributed by atoms with Gasteiger partial charge in [0, 0.05) is 23.9 Å². The van der Waals surface area contributed by atoms with Crippen LogP contribution in [0.15, 0.2) is 6.20 Å². The third-order valence-corrected chi connectivity index (χ3v) is 4.97. The number of nitrogens with one attached hydrogen (secondary N) is 1. The van der Waals surface area contributed by atoms with Gasteiger partial charge in [-0.15, -0.1) is 0 Å². The number of nitrogens with zero attached hydrogens (tertiary/aromatic N) is 2. The first-order valence-electron chi connectivity index (χ1n) is 5.42. The highest BCUT2D eigenvalue weighted by Gasteiger charge is 2.29. The smallest absolute Gasteiger partial charge is 0.255 e. The minimum atomic E-state index is -0.251. The predicted octanol–water partition coefficient (Wildman–Crippen LogP) is 2.40. The van der Waals surface area contributed by atoms with Gasteiger partial charge >= 0.3 is 0 Å². The third-order valence-electron chi connectivity index (χ3n) is 2.83. The molecular weight excluding hydrogens is 350 g/mol. The third kappa shape index (κ3) is 3.31. The average Bonchev–Trinajstić information content (AvgIpc) is 2.65. The van der Waals surface area contributed by atoms with Crippen LogP contribution in [0.2, 0.25) is 0 Å². The van der Waals surface area contributed by atoms with Gasteiger partial charge in [-0.3, -0.25) is 9.48 Å². The van der Waals surface area contributed by atoms with Crippen LogP contribution in [0.25, 0.3) is 0 Å². The van der Waals surface area contributed by atoms with E-state index in [1.54, 1.807) is 10.9 Å². The van der Waals surface area contributed by atoms with Gasteiger partial charge < -0.3 is 5.32 Å². The van der Waals surface area contributed by atoms with Crippen LogP contribution in [0.4, 0.5) is 0 Å². The van der Waals surface area contributed by atoms with Crippen molar-refractivity contribution >= 4 is 37.8 Å². The van der Waals surface area contributed by atoms with Crippen molar-refractivity contribution < 1.29 is 4.79 Å². The van der Waals surface area contributed by atoms with E-state index in [2.05, 4.69) is 49.2 Å². The van der Waals surface area contributed by atoms with E-state index in [-0.39, 0.29) is 11.4 Å². The molecule has 0 bridgehead atoms. The monoisotopic (exact) mass is 365 g/mol. The van der Waals surface area contributed by atoms with Crippen LogP contribution >= 0.6 is 31.9 Å². The molecule has 1 aromatic heterocycles. The van der Waals surface area contributed by atoms with Crippen LogP contribution in [0.1, 0.15) is 29.4 Å². The zero-order valence-corrected chi connectivity index (χ0v) is 13.4. The van der Waals surface area contributed by atoms with Crippen molar-refractivity contribution in [3.05, 3.63) is 17.5 Å². The Labute approximate surface area is 118 Å². The van der Waals surface area contributed by atoms with E-state index in [1.807, 2.05) is 14.0 Å². The fourth-order valence-electron chi connectivity index (χ4n) is 1.51. The maximum absolute atomic E-state index is 12.2. The maximum atomic E-state index is 12.2. The molecule has 0 aromatic carbocycles. The number of carbonyl (C=O) groups is 1. The van der Waals surface area contributed by atoms with Crippen molar-refractivity contribution in [3.8, 4) is 0 Å². The van der Waals surface area contributed by atoms with Crippen LogP contribution < -0.4 is 5.32 Å². The SMILES string of the molecule is CCC(CBr)(CBr)NC(=O)c1cn(C)nc1C. The molecule has 1 N–H and O–H groups in total. The number of rotatable bonds is 5. The summed E-state index contributed by atoms with van der Waals surface area (Å²) in [7, 11) is 1.81. The fraction of sp³-hybridized carbons (Fsp3) is 0.636. The van der Waals surface area contributed by atoms with Gasteiger partial charge in [0.1, 0.15) is 0 Å². The Bertz CT molecular complexity index is 391. The van der Waals surface area contributed by atoms with Crippen molar-refractivity contribution in [2.24, 2.45) is 7.05 Å². The molecule has 0 saturated carbocycles. The number of alkyl halides is 2. The number of hydrogen-bond donors (Lipinski definition) is 1. The summed E-state index contributed by atoms with van der Waals surface area (Å²) in [4.78, 5) is 12.2. The molecule has 1 rings (SSSR count). The Morgan fingerprint density at radius 2 is 2.12 bits per heavy atom. The first-order chi connectivity index (χ1) is 7.98. The first-order valence-corrected chi connectivity index (χ1v) is 7.67. The van der Waals surface area contributed by atoms with Crippen molar-refractivity contribution in [2.45, 2.75) is 25.8 Å². The molecular formula is C11H17Br2N3O. The second-order valence-electron chi connectivity index (χ2n) is 4.16. The van der Waals surface area contributed by atoms with Crippen LogP contribution in [-0.4, -0.2) is 31.9 Å². The standard InChI is InChI=1S/C11H17Br2N3O/c1-4-11(6-12,7-13)14-10(17)9-5-16(3)15-8(9)2/h5H,4,6-7H2,1-3H3,(H,14,17). The number of aromatic nitrogens is 2. The van der Waals surface area contributed by atoms with Gasteiger partial charge in [-0.25, -0.2) is 0 Å². The van der Waals surface area contributed by atoms with Crippen molar-refractivity contribution in [2.75, 3.05) is 10.7 Å². The van der Waals surface area contributed by atoms with Crippen molar-refractivity contribution in [1.29, 1.82) is 0 Å². The van der Waals surface area contributed by atoms with Gasteiger partial charge in [-0.1, -0.05) is 38.8 Å². The molecule has 0 saturated heterocycles. The van der Waals surface area contributed by atoms with Crippen molar-refractivity contribution in [1.82, 2.24) is 15.1 Å². The first kappa shape index (κ1) is 14.7. The van der Waals surface area contributed by atoms with Gasteiger partial charge in [0.2, 0.25) is 0 Å². The molecule has 0 radical (unpaired) electrons. The second-order valence-corrected chi connectivity index (χ2v) is 5.28. The van der Waals surface area contributed by atoms with E-state index in [9.17, 15) is 4.79 Å². The molecule has 0 unspecified atom stereocenters. The zero-order valence-electron chi connectivity index (χ0n) is 10.3. The Morgan fingerprint density at radius 1 is 1.53 bits per heavy atom. The van der Waals surface area contributed by atoms with E-state index in [0.29, 0.717) is 16.2 Å². The molecule has 96 valence electrons. The normalized spacial score (nSPS) is 11.6. The molecule has 0 spiro atoms. The minimum absolute atomic E-state index is 0.0728. The molecule has 6 heteroatoms. The molecule has 1 heterocycles. The Morgan fingerprint density at radius 3 is 2.47 bits per heavy atom. The van der Waals surface area contributed by atoms with E-state index < -0.39 is 0 Å². The summed E-state index contributed by atoms with van der Waals surface area (Å²) >= 11 is 6.91. The maximum Gasteiger partial charge on any atom is 0.255 e. The molecule has 0 aliphatic heterocycles. The summed E-state index contributed by atoms with van der Waals surface area (Å²) in [6.07, 6.45) is 2.60. The van der Waals surface area contributed by atoms with Gasteiger partial charge in [0.15, 0.2) is 0 Å². The molecule has 1 aromatic rings. The predicted molar refractivity (Wildman–Crippen MR) is 76.0 cm³/mol.